The number of halogens is 1. The molecule has 3 aromatic carbocycles. The topological polar surface area (TPSA) is 96.0 Å². The van der Waals surface area contributed by atoms with E-state index in [0.717, 1.165) is 19.2 Å². The summed E-state index contributed by atoms with van der Waals surface area (Å²) in [5.41, 5.74) is 1.10. The maximum atomic E-state index is 14.0. The first kappa shape index (κ1) is 33.5. The van der Waals surface area contributed by atoms with Crippen LogP contribution in [0.1, 0.15) is 33.3 Å². The van der Waals surface area contributed by atoms with Crippen molar-refractivity contribution in [3.8, 4) is 5.75 Å². The molecule has 1 N–H and O–H groups in total. The number of rotatable bonds is 14. The number of ether oxygens (including phenoxy) is 1. The predicted octanol–water partition coefficient (Wildman–Crippen LogP) is 5.95. The van der Waals surface area contributed by atoms with Gasteiger partial charge in [-0.1, -0.05) is 41.9 Å². The molecule has 1 atom stereocenters. The number of amides is 2. The normalized spacial score (nSPS) is 12.1. The standard InChI is InChI=1S/C31H38BrN3O5S2/c1-6-40-27-12-10-26(11-13-27)35(42(38,39)29-16-14-28(41-5)15-17-29)21-30(36)34(20-24-8-7-9-25(32)18-24)23(4)31(37)33-19-22(2)3/h7-18,22-23H,6,19-21H2,1-5H3,(H,33,37)/t23-/m0/s1. The monoisotopic (exact) mass is 675 g/mol. The number of anilines is 1. The Morgan fingerprint density at radius 2 is 1.67 bits per heavy atom. The Kier molecular flexibility index (Phi) is 12.3. The molecule has 8 nitrogen and oxygen atoms in total. The van der Waals surface area contributed by atoms with Crippen molar-refractivity contribution in [2.24, 2.45) is 5.92 Å². The molecule has 2 amide bonds. The molecule has 226 valence electrons. The summed E-state index contributed by atoms with van der Waals surface area (Å²) < 4.78 is 35.5. The van der Waals surface area contributed by atoms with Gasteiger partial charge in [-0.25, -0.2) is 8.42 Å². The molecule has 0 aromatic heterocycles. The van der Waals surface area contributed by atoms with Crippen LogP contribution in [0, 0.1) is 5.92 Å². The molecule has 3 rings (SSSR count). The van der Waals surface area contributed by atoms with Gasteiger partial charge in [0.25, 0.3) is 10.0 Å². The third-order valence-corrected chi connectivity index (χ3v) is 9.48. The van der Waals surface area contributed by atoms with Crippen LogP contribution in [-0.4, -0.2) is 57.1 Å². The number of sulfonamides is 1. The van der Waals surface area contributed by atoms with Crippen molar-refractivity contribution in [3.63, 3.8) is 0 Å². The summed E-state index contributed by atoms with van der Waals surface area (Å²) in [6.07, 6.45) is 1.91. The summed E-state index contributed by atoms with van der Waals surface area (Å²) >= 11 is 4.97. The second-order valence-electron chi connectivity index (χ2n) is 10.1. The van der Waals surface area contributed by atoms with E-state index in [0.29, 0.717) is 24.6 Å². The van der Waals surface area contributed by atoms with Gasteiger partial charge in [-0.05, 0) is 92.2 Å². The van der Waals surface area contributed by atoms with E-state index < -0.39 is 28.5 Å². The first-order chi connectivity index (χ1) is 20.0. The van der Waals surface area contributed by atoms with Crippen LogP contribution in [0.2, 0.25) is 0 Å². The number of hydrogen-bond acceptors (Lipinski definition) is 6. The molecular formula is C31H38BrN3O5S2. The number of hydrogen-bond donors (Lipinski definition) is 1. The summed E-state index contributed by atoms with van der Waals surface area (Å²) in [6.45, 7) is 8.03. The second-order valence-corrected chi connectivity index (χ2v) is 13.7. The largest absolute Gasteiger partial charge is 0.494 e. The smallest absolute Gasteiger partial charge is 0.264 e. The van der Waals surface area contributed by atoms with Gasteiger partial charge in [0.2, 0.25) is 11.8 Å². The molecule has 11 heteroatoms. The Morgan fingerprint density at radius 1 is 1.00 bits per heavy atom. The Morgan fingerprint density at radius 3 is 2.24 bits per heavy atom. The minimum atomic E-state index is -4.15. The molecule has 0 radical (unpaired) electrons. The second kappa shape index (κ2) is 15.5. The summed E-state index contributed by atoms with van der Waals surface area (Å²) in [7, 11) is -4.15. The average Bonchev–Trinajstić information content (AvgIpc) is 2.97. The van der Waals surface area contributed by atoms with Crippen LogP contribution >= 0.6 is 27.7 Å². The molecule has 0 unspecified atom stereocenters. The van der Waals surface area contributed by atoms with E-state index in [1.807, 2.05) is 51.3 Å². The van der Waals surface area contributed by atoms with Crippen molar-refractivity contribution in [1.82, 2.24) is 10.2 Å². The van der Waals surface area contributed by atoms with Crippen LogP contribution in [-0.2, 0) is 26.2 Å². The van der Waals surface area contributed by atoms with Crippen LogP contribution in [0.4, 0.5) is 5.69 Å². The van der Waals surface area contributed by atoms with Crippen LogP contribution < -0.4 is 14.4 Å². The van der Waals surface area contributed by atoms with Gasteiger partial charge in [-0.15, -0.1) is 11.8 Å². The number of thioether (sulfide) groups is 1. The van der Waals surface area contributed by atoms with E-state index in [1.54, 1.807) is 43.3 Å². The highest BCUT2D eigenvalue weighted by atomic mass is 79.9. The number of nitrogens with one attached hydrogen (secondary N) is 1. The molecule has 0 spiro atoms. The maximum Gasteiger partial charge on any atom is 0.264 e. The van der Waals surface area contributed by atoms with E-state index in [2.05, 4.69) is 21.2 Å². The third kappa shape index (κ3) is 8.99. The molecule has 0 bridgehead atoms. The highest BCUT2D eigenvalue weighted by Gasteiger charge is 2.32. The van der Waals surface area contributed by atoms with Crippen LogP contribution in [0.25, 0.3) is 0 Å². The SMILES string of the molecule is CCOc1ccc(N(CC(=O)N(Cc2cccc(Br)c2)[C@@H](C)C(=O)NCC(C)C)S(=O)(=O)c2ccc(SC)cc2)cc1. The summed E-state index contributed by atoms with van der Waals surface area (Å²) in [5.74, 6) is -0.00955. The highest BCUT2D eigenvalue weighted by molar-refractivity contribution is 9.10. The van der Waals surface area contributed by atoms with Gasteiger partial charge < -0.3 is 15.0 Å². The minimum Gasteiger partial charge on any atom is -0.494 e. The minimum absolute atomic E-state index is 0.0586. The van der Waals surface area contributed by atoms with Crippen LogP contribution in [0.15, 0.2) is 87.1 Å². The van der Waals surface area contributed by atoms with E-state index in [9.17, 15) is 18.0 Å². The van der Waals surface area contributed by atoms with Crippen molar-refractivity contribution in [3.05, 3.63) is 82.8 Å². The van der Waals surface area contributed by atoms with Crippen molar-refractivity contribution in [1.29, 1.82) is 0 Å². The first-order valence-corrected chi connectivity index (χ1v) is 17.1. The molecule has 0 aliphatic rings. The maximum absolute atomic E-state index is 14.0. The summed E-state index contributed by atoms with van der Waals surface area (Å²) in [6, 6.07) is 19.7. The van der Waals surface area contributed by atoms with E-state index in [4.69, 9.17) is 4.74 Å². The number of nitrogens with zero attached hydrogens (tertiary/aromatic N) is 2. The molecule has 0 saturated carbocycles. The quantitative estimate of drug-likeness (QED) is 0.212. The molecule has 42 heavy (non-hydrogen) atoms. The predicted molar refractivity (Wildman–Crippen MR) is 172 cm³/mol. The lowest BCUT2D eigenvalue weighted by atomic mass is 10.1. The van der Waals surface area contributed by atoms with E-state index >= 15 is 0 Å². The lowest BCUT2D eigenvalue weighted by Crippen LogP contribution is -2.51. The van der Waals surface area contributed by atoms with Gasteiger partial charge in [0.05, 0.1) is 17.2 Å². The van der Waals surface area contributed by atoms with Gasteiger partial charge in [0, 0.05) is 22.5 Å². The fourth-order valence-corrected chi connectivity index (χ4v) is 6.42. The molecular weight excluding hydrogens is 638 g/mol. The lowest BCUT2D eigenvalue weighted by Gasteiger charge is -2.32. The fourth-order valence-electron chi connectivity index (χ4n) is 4.15. The van der Waals surface area contributed by atoms with Crippen molar-refractivity contribution >= 4 is 55.2 Å². The Bertz CT molecular complexity index is 1450. The van der Waals surface area contributed by atoms with E-state index in [1.165, 1.54) is 28.8 Å². The summed E-state index contributed by atoms with van der Waals surface area (Å²) in [5, 5.41) is 2.89. The molecule has 0 fully saturated rings. The fraction of sp³-hybridized carbons (Fsp3) is 0.355. The Labute approximate surface area is 262 Å². The zero-order chi connectivity index (χ0) is 30.9. The van der Waals surface area contributed by atoms with Crippen LogP contribution in [0.3, 0.4) is 0 Å². The average molecular weight is 677 g/mol. The van der Waals surface area contributed by atoms with Crippen molar-refractivity contribution in [2.75, 3.05) is 30.3 Å². The van der Waals surface area contributed by atoms with E-state index in [-0.39, 0.29) is 23.3 Å². The van der Waals surface area contributed by atoms with Crippen molar-refractivity contribution < 1.29 is 22.7 Å². The first-order valence-electron chi connectivity index (χ1n) is 13.7. The number of carbonyl (C=O) groups excluding carboxylic acids is 2. The van der Waals surface area contributed by atoms with Gasteiger partial charge in [-0.3, -0.25) is 13.9 Å². The van der Waals surface area contributed by atoms with Gasteiger partial charge in [0.15, 0.2) is 0 Å². The zero-order valence-electron chi connectivity index (χ0n) is 24.5. The van der Waals surface area contributed by atoms with Gasteiger partial charge in [0.1, 0.15) is 18.3 Å². The zero-order valence-corrected chi connectivity index (χ0v) is 27.8. The van der Waals surface area contributed by atoms with Crippen molar-refractivity contribution in [2.45, 2.75) is 50.1 Å². The lowest BCUT2D eigenvalue weighted by molar-refractivity contribution is -0.139. The number of benzene rings is 3. The van der Waals surface area contributed by atoms with Gasteiger partial charge >= 0.3 is 0 Å². The third-order valence-electron chi connectivity index (χ3n) is 6.46. The highest BCUT2D eigenvalue weighted by Crippen LogP contribution is 2.28. The molecule has 0 aliphatic carbocycles. The van der Waals surface area contributed by atoms with Gasteiger partial charge in [-0.2, -0.15) is 0 Å². The molecule has 0 saturated heterocycles. The van der Waals surface area contributed by atoms with Crippen LogP contribution in [0.5, 0.6) is 5.75 Å². The number of carbonyl (C=O) groups is 2. The molecule has 3 aromatic rings. The summed E-state index contributed by atoms with van der Waals surface area (Å²) in [4.78, 5) is 29.6. The Hall–Kier alpha value is -3.02. The molecule has 0 aliphatic heterocycles. The molecule has 0 heterocycles. The Balaban J connectivity index is 2.02.